The average molecular weight is 238 g/mol. The lowest BCUT2D eigenvalue weighted by Crippen LogP contribution is -2.08. The van der Waals surface area contributed by atoms with Crippen molar-refractivity contribution in [2.75, 3.05) is 0 Å². The molecule has 90 valence electrons. The summed E-state index contributed by atoms with van der Waals surface area (Å²) in [4.78, 5) is 10.8. The molecular formula is C16H14O2. The van der Waals surface area contributed by atoms with Crippen molar-refractivity contribution in [3.8, 4) is 0 Å². The Hall–Kier alpha value is -2.09. The van der Waals surface area contributed by atoms with Crippen LogP contribution in [0.4, 0.5) is 0 Å². The normalized spacial score (nSPS) is 16.2. The predicted octanol–water partition coefficient (Wildman–Crippen LogP) is 3.46. The first-order chi connectivity index (χ1) is 8.72. The fraction of sp³-hybridized carbons (Fsp3) is 0.188. The van der Waals surface area contributed by atoms with E-state index in [1.807, 2.05) is 18.2 Å². The van der Waals surface area contributed by atoms with E-state index in [2.05, 4.69) is 24.3 Å². The first-order valence-corrected chi connectivity index (χ1v) is 6.12. The first kappa shape index (κ1) is 11.0. The number of rotatable bonds is 3. The van der Waals surface area contributed by atoms with Gasteiger partial charge in [0.2, 0.25) is 0 Å². The summed E-state index contributed by atoms with van der Waals surface area (Å²) in [5.41, 5.74) is 3.02. The zero-order valence-electron chi connectivity index (χ0n) is 9.97. The van der Waals surface area contributed by atoms with Gasteiger partial charge in [0.25, 0.3) is 0 Å². The summed E-state index contributed by atoms with van der Waals surface area (Å²) in [7, 11) is 0. The molecule has 1 aliphatic rings. The molecule has 0 saturated heterocycles. The quantitative estimate of drug-likeness (QED) is 0.889. The molecule has 18 heavy (non-hydrogen) atoms. The van der Waals surface area contributed by atoms with Crippen LogP contribution in [0.5, 0.6) is 0 Å². The van der Waals surface area contributed by atoms with Crippen LogP contribution in [0.1, 0.15) is 34.3 Å². The van der Waals surface area contributed by atoms with Gasteiger partial charge in [0.15, 0.2) is 0 Å². The molecular weight excluding hydrogens is 224 g/mol. The molecule has 2 heteroatoms. The maximum atomic E-state index is 10.8. The fourth-order valence-corrected chi connectivity index (χ4v) is 2.56. The van der Waals surface area contributed by atoms with Crippen molar-refractivity contribution >= 4 is 5.97 Å². The number of hydrogen-bond acceptors (Lipinski definition) is 1. The van der Waals surface area contributed by atoms with E-state index in [0.29, 0.717) is 5.56 Å². The molecule has 2 aromatic carbocycles. The van der Waals surface area contributed by atoms with Gasteiger partial charge in [-0.15, -0.1) is 0 Å². The van der Waals surface area contributed by atoms with E-state index in [0.717, 1.165) is 12.8 Å². The van der Waals surface area contributed by atoms with Crippen molar-refractivity contribution in [2.24, 2.45) is 0 Å². The number of carboxylic acids is 1. The first-order valence-electron chi connectivity index (χ1n) is 6.12. The zero-order chi connectivity index (χ0) is 12.6. The Balaban J connectivity index is 1.98. The largest absolute Gasteiger partial charge is 0.478 e. The van der Waals surface area contributed by atoms with Gasteiger partial charge in [0.1, 0.15) is 0 Å². The Kier molecular flexibility index (Phi) is 2.44. The van der Waals surface area contributed by atoms with Gasteiger partial charge in [0, 0.05) is 5.41 Å². The molecule has 1 fully saturated rings. The third-order valence-corrected chi connectivity index (χ3v) is 3.76. The Morgan fingerprint density at radius 1 is 0.889 bits per heavy atom. The van der Waals surface area contributed by atoms with E-state index in [1.54, 1.807) is 12.1 Å². The summed E-state index contributed by atoms with van der Waals surface area (Å²) in [6.45, 7) is 0. The Labute approximate surface area is 106 Å². The molecule has 0 atom stereocenters. The fourth-order valence-electron chi connectivity index (χ4n) is 2.56. The van der Waals surface area contributed by atoms with E-state index in [9.17, 15) is 4.79 Å². The van der Waals surface area contributed by atoms with Crippen LogP contribution in [0.2, 0.25) is 0 Å². The summed E-state index contributed by atoms with van der Waals surface area (Å²) >= 11 is 0. The highest BCUT2D eigenvalue weighted by atomic mass is 16.4. The molecule has 0 aliphatic heterocycles. The standard InChI is InChI=1S/C16H14O2/c17-15(18)12-6-8-14(9-7-12)16(10-11-16)13-4-2-1-3-5-13/h1-9H,10-11H2,(H,17,18). The van der Waals surface area contributed by atoms with Gasteiger partial charge in [0.05, 0.1) is 5.56 Å². The van der Waals surface area contributed by atoms with Crippen LogP contribution in [0.25, 0.3) is 0 Å². The van der Waals surface area contributed by atoms with Crippen molar-refractivity contribution in [1.82, 2.24) is 0 Å². The summed E-state index contributed by atoms with van der Waals surface area (Å²) in [6, 6.07) is 17.7. The molecule has 0 bridgehead atoms. The number of benzene rings is 2. The SMILES string of the molecule is O=C(O)c1ccc(C2(c3ccccc3)CC2)cc1. The van der Waals surface area contributed by atoms with Crippen LogP contribution in [-0.4, -0.2) is 11.1 Å². The molecule has 0 aromatic heterocycles. The van der Waals surface area contributed by atoms with Gasteiger partial charge in [-0.1, -0.05) is 42.5 Å². The second kappa shape index (κ2) is 3.98. The lowest BCUT2D eigenvalue weighted by molar-refractivity contribution is 0.0697. The van der Waals surface area contributed by atoms with Gasteiger partial charge in [-0.25, -0.2) is 4.79 Å². The van der Waals surface area contributed by atoms with Crippen molar-refractivity contribution in [3.05, 3.63) is 71.3 Å². The van der Waals surface area contributed by atoms with Gasteiger partial charge in [-0.3, -0.25) is 0 Å². The van der Waals surface area contributed by atoms with Crippen LogP contribution >= 0.6 is 0 Å². The van der Waals surface area contributed by atoms with Gasteiger partial charge >= 0.3 is 5.97 Å². The van der Waals surface area contributed by atoms with Gasteiger partial charge < -0.3 is 5.11 Å². The number of hydrogen-bond donors (Lipinski definition) is 1. The molecule has 1 N–H and O–H groups in total. The zero-order valence-corrected chi connectivity index (χ0v) is 9.97. The lowest BCUT2D eigenvalue weighted by Gasteiger charge is -2.16. The van der Waals surface area contributed by atoms with E-state index < -0.39 is 5.97 Å². The maximum absolute atomic E-state index is 10.8. The van der Waals surface area contributed by atoms with E-state index in [1.165, 1.54) is 11.1 Å². The highest BCUT2D eigenvalue weighted by molar-refractivity contribution is 5.87. The number of carboxylic acid groups (broad SMARTS) is 1. The molecule has 1 saturated carbocycles. The van der Waals surface area contributed by atoms with Crippen LogP contribution in [-0.2, 0) is 5.41 Å². The molecule has 0 heterocycles. The highest BCUT2D eigenvalue weighted by Crippen LogP contribution is 2.53. The molecule has 2 aromatic rings. The van der Waals surface area contributed by atoms with Crippen molar-refractivity contribution in [1.29, 1.82) is 0 Å². The topological polar surface area (TPSA) is 37.3 Å². The second-order valence-corrected chi connectivity index (χ2v) is 4.83. The molecule has 3 rings (SSSR count). The summed E-state index contributed by atoms with van der Waals surface area (Å²) in [5, 5.41) is 8.91. The third-order valence-electron chi connectivity index (χ3n) is 3.76. The predicted molar refractivity (Wildman–Crippen MR) is 69.9 cm³/mol. The van der Waals surface area contributed by atoms with Crippen LogP contribution < -0.4 is 0 Å². The van der Waals surface area contributed by atoms with Crippen molar-refractivity contribution < 1.29 is 9.90 Å². The second-order valence-electron chi connectivity index (χ2n) is 4.83. The third kappa shape index (κ3) is 1.70. The van der Waals surface area contributed by atoms with Crippen molar-refractivity contribution in [3.63, 3.8) is 0 Å². The lowest BCUT2D eigenvalue weighted by atomic mass is 9.88. The molecule has 0 radical (unpaired) electrons. The van der Waals surface area contributed by atoms with E-state index in [4.69, 9.17) is 5.11 Å². The maximum Gasteiger partial charge on any atom is 0.335 e. The van der Waals surface area contributed by atoms with Crippen molar-refractivity contribution in [2.45, 2.75) is 18.3 Å². The van der Waals surface area contributed by atoms with E-state index >= 15 is 0 Å². The molecule has 0 spiro atoms. The monoisotopic (exact) mass is 238 g/mol. The average Bonchev–Trinajstić information content (AvgIpc) is 3.21. The van der Waals surface area contributed by atoms with Crippen LogP contribution in [0, 0.1) is 0 Å². The summed E-state index contributed by atoms with van der Waals surface area (Å²) in [6.07, 6.45) is 2.28. The molecule has 0 amide bonds. The van der Waals surface area contributed by atoms with Gasteiger partial charge in [-0.05, 0) is 36.1 Å². The summed E-state index contributed by atoms with van der Waals surface area (Å²) < 4.78 is 0. The smallest absolute Gasteiger partial charge is 0.335 e. The number of carbonyl (C=O) groups is 1. The van der Waals surface area contributed by atoms with Crippen LogP contribution in [0.3, 0.4) is 0 Å². The highest BCUT2D eigenvalue weighted by Gasteiger charge is 2.45. The Morgan fingerprint density at radius 2 is 1.44 bits per heavy atom. The minimum Gasteiger partial charge on any atom is -0.478 e. The minimum absolute atomic E-state index is 0.123. The minimum atomic E-state index is -0.869. The van der Waals surface area contributed by atoms with E-state index in [-0.39, 0.29) is 5.41 Å². The Morgan fingerprint density at radius 3 is 1.94 bits per heavy atom. The molecule has 1 aliphatic carbocycles. The summed E-state index contributed by atoms with van der Waals surface area (Å²) in [5.74, 6) is -0.869. The number of aromatic carboxylic acids is 1. The van der Waals surface area contributed by atoms with Crippen LogP contribution in [0.15, 0.2) is 54.6 Å². The van der Waals surface area contributed by atoms with Gasteiger partial charge in [-0.2, -0.15) is 0 Å². The molecule has 2 nitrogen and oxygen atoms in total. The Bertz CT molecular complexity index is 566. The molecule has 0 unspecified atom stereocenters.